The predicted octanol–water partition coefficient (Wildman–Crippen LogP) is 4.23. The first-order chi connectivity index (χ1) is 21.4. The number of nitrogens with zero attached hydrogens (tertiary/aromatic N) is 8. The number of likely N-dealkylation sites (N-methyl/N-ethyl adjacent to an activating group) is 1. The summed E-state index contributed by atoms with van der Waals surface area (Å²) in [6.45, 7) is 9.42. The van der Waals surface area contributed by atoms with Gasteiger partial charge < -0.3 is 24.8 Å². The van der Waals surface area contributed by atoms with Gasteiger partial charge in [0.25, 0.3) is 6.43 Å². The van der Waals surface area contributed by atoms with E-state index >= 15 is 0 Å². The van der Waals surface area contributed by atoms with Crippen LogP contribution in [0.5, 0.6) is 0 Å². The second-order valence-corrected chi connectivity index (χ2v) is 10.6. The Morgan fingerprint density at radius 2 is 1.89 bits per heavy atom. The van der Waals surface area contributed by atoms with Crippen LogP contribution in [-0.2, 0) is 14.4 Å². The van der Waals surface area contributed by atoms with Gasteiger partial charge in [0.2, 0.25) is 18.7 Å². The molecule has 1 aliphatic carbocycles. The van der Waals surface area contributed by atoms with E-state index in [-0.39, 0.29) is 29.3 Å². The number of carbonyl (C=O) groups excluding carboxylic acids is 3. The van der Waals surface area contributed by atoms with Crippen LogP contribution in [0.25, 0.3) is 5.65 Å². The van der Waals surface area contributed by atoms with E-state index in [1.54, 1.807) is 20.0 Å². The lowest BCUT2D eigenvalue weighted by molar-refractivity contribution is -0.128. The Morgan fingerprint density at radius 3 is 2.49 bits per heavy atom. The molecule has 2 N–H and O–H groups in total. The Bertz CT molecular complexity index is 1570. The van der Waals surface area contributed by atoms with Crippen LogP contribution in [0.2, 0.25) is 0 Å². The van der Waals surface area contributed by atoms with E-state index < -0.39 is 12.5 Å². The Labute approximate surface area is 260 Å². The maximum Gasteiger partial charge on any atom is 0.265 e. The molecule has 3 amide bonds. The number of allylic oxidation sites excluding steroid dienone is 2. The Kier molecular flexibility index (Phi) is 12.3. The van der Waals surface area contributed by atoms with Crippen molar-refractivity contribution in [1.82, 2.24) is 24.3 Å². The molecule has 1 unspecified atom stereocenters. The molecule has 1 aliphatic rings. The number of aromatic nitrogens is 4. The summed E-state index contributed by atoms with van der Waals surface area (Å²) >= 11 is 0. The first-order valence-electron chi connectivity index (χ1n) is 14.1. The van der Waals surface area contributed by atoms with Gasteiger partial charge in [-0.1, -0.05) is 0 Å². The van der Waals surface area contributed by atoms with Gasteiger partial charge in [-0.2, -0.15) is 0 Å². The molecule has 3 aromatic rings. The average molecular weight is 625 g/mol. The van der Waals surface area contributed by atoms with Crippen molar-refractivity contribution in [2.75, 3.05) is 42.7 Å². The molecule has 1 fully saturated rings. The molecule has 4 rings (SSSR count). The molecule has 1 atom stereocenters. The zero-order valence-corrected chi connectivity index (χ0v) is 25.9. The van der Waals surface area contributed by atoms with Crippen LogP contribution in [0, 0.1) is 12.8 Å². The summed E-state index contributed by atoms with van der Waals surface area (Å²) in [5, 5.41) is 5.59. The average Bonchev–Trinajstić information content (AvgIpc) is 3.72. The number of alkyl halides is 2. The Hall–Kier alpha value is -5.08. The zero-order chi connectivity index (χ0) is 33.1. The van der Waals surface area contributed by atoms with Crippen LogP contribution in [0.1, 0.15) is 56.2 Å². The number of pyridine rings is 1. The van der Waals surface area contributed by atoms with Gasteiger partial charge in [-0.15, -0.1) is 0 Å². The number of halogens is 2. The molecule has 3 heterocycles. The first-order valence-corrected chi connectivity index (χ1v) is 14.1. The molecule has 0 radical (unpaired) electrons. The number of aliphatic imine (C=N–C) groups is 2. The Morgan fingerprint density at radius 1 is 1.18 bits per heavy atom. The van der Waals surface area contributed by atoms with E-state index in [0.29, 0.717) is 36.0 Å². The highest BCUT2D eigenvalue weighted by molar-refractivity contribution is 5.92. The number of amides is 3. The fourth-order valence-electron chi connectivity index (χ4n) is 3.92. The number of carbonyl (C=O) groups is 3. The van der Waals surface area contributed by atoms with Gasteiger partial charge in [0.1, 0.15) is 24.0 Å². The molecule has 240 valence electrons. The van der Waals surface area contributed by atoms with E-state index in [0.717, 1.165) is 29.1 Å². The van der Waals surface area contributed by atoms with Crippen LogP contribution in [0.3, 0.4) is 0 Å². The second-order valence-electron chi connectivity index (χ2n) is 10.6. The largest absolute Gasteiger partial charge is 0.362 e. The minimum absolute atomic E-state index is 0.0804. The summed E-state index contributed by atoms with van der Waals surface area (Å²) in [6.07, 6.45) is 7.32. The van der Waals surface area contributed by atoms with Crippen molar-refractivity contribution in [3.05, 3.63) is 53.4 Å². The van der Waals surface area contributed by atoms with Crippen LogP contribution in [0.15, 0.2) is 46.3 Å². The van der Waals surface area contributed by atoms with E-state index in [1.165, 1.54) is 48.5 Å². The number of fused-ring (bicyclic) bond motifs is 1. The lowest BCUT2D eigenvalue weighted by Gasteiger charge is -2.20. The van der Waals surface area contributed by atoms with Crippen molar-refractivity contribution in [2.24, 2.45) is 15.9 Å². The number of hydrogen-bond acceptors (Lipinski definition) is 9. The molecule has 0 aromatic carbocycles. The second kappa shape index (κ2) is 16.1. The molecule has 0 bridgehead atoms. The summed E-state index contributed by atoms with van der Waals surface area (Å²) in [5.74, 6) is 1.64. The van der Waals surface area contributed by atoms with E-state index in [2.05, 4.69) is 42.3 Å². The quantitative estimate of drug-likeness (QED) is 0.201. The zero-order valence-electron chi connectivity index (χ0n) is 25.9. The number of nitrogens with one attached hydrogen (secondary N) is 2. The van der Waals surface area contributed by atoms with Crippen LogP contribution < -0.4 is 15.5 Å². The molecule has 45 heavy (non-hydrogen) atoms. The maximum absolute atomic E-state index is 13.6. The fraction of sp³-hybridized carbons (Fsp3) is 0.400. The molecule has 0 spiro atoms. The number of hydrogen-bond donors (Lipinski definition) is 2. The highest BCUT2D eigenvalue weighted by Crippen LogP contribution is 2.30. The van der Waals surface area contributed by atoms with E-state index in [9.17, 15) is 23.2 Å². The molecular weight excluding hydrogens is 586 g/mol. The fourth-order valence-corrected chi connectivity index (χ4v) is 3.92. The molecule has 1 saturated carbocycles. The minimum Gasteiger partial charge on any atom is -0.362 e. The topological polar surface area (TPSA) is 150 Å². The van der Waals surface area contributed by atoms with Crippen molar-refractivity contribution in [3.8, 4) is 0 Å². The van der Waals surface area contributed by atoms with Gasteiger partial charge in [-0.3, -0.25) is 24.4 Å². The van der Waals surface area contributed by atoms with Crippen LogP contribution in [0.4, 0.5) is 26.1 Å². The van der Waals surface area contributed by atoms with Crippen molar-refractivity contribution >= 4 is 54.6 Å². The van der Waals surface area contributed by atoms with E-state index in [1.807, 2.05) is 19.2 Å². The van der Waals surface area contributed by atoms with Gasteiger partial charge >= 0.3 is 0 Å². The number of aryl methyl sites for hydroxylation is 1. The molecular formula is C30H38F2N10O3. The SMILES string of the molecule is C=N/C(C)=C\C=NCC1CC1.Cc1nc(NC=O)cc(NC(C)c2cn3cc(C(F)F)cc(N(C=O)CC(=O)N(C)C)c3n2)n1. The molecule has 0 aliphatic heterocycles. The predicted molar refractivity (Wildman–Crippen MR) is 170 cm³/mol. The van der Waals surface area contributed by atoms with Gasteiger partial charge in [-0.25, -0.2) is 23.7 Å². The highest BCUT2D eigenvalue weighted by atomic mass is 19.3. The Balaban J connectivity index is 0.000000423. The summed E-state index contributed by atoms with van der Waals surface area (Å²) in [6, 6.07) is 2.25. The van der Waals surface area contributed by atoms with Crippen molar-refractivity contribution < 1.29 is 23.2 Å². The van der Waals surface area contributed by atoms with Gasteiger partial charge in [-0.05, 0) is 58.4 Å². The molecule has 15 heteroatoms. The van der Waals surface area contributed by atoms with Gasteiger partial charge in [0.15, 0.2) is 5.65 Å². The minimum atomic E-state index is -2.80. The van der Waals surface area contributed by atoms with Crippen LogP contribution >= 0.6 is 0 Å². The van der Waals surface area contributed by atoms with Gasteiger partial charge in [0, 0.05) is 56.6 Å². The molecule has 0 saturated heterocycles. The van der Waals surface area contributed by atoms with Crippen molar-refractivity contribution in [3.63, 3.8) is 0 Å². The molecule has 13 nitrogen and oxygen atoms in total. The summed E-state index contributed by atoms with van der Waals surface area (Å²) in [5.41, 5.74) is 1.38. The lowest BCUT2D eigenvalue weighted by atomic mass is 10.2. The lowest BCUT2D eigenvalue weighted by Crippen LogP contribution is -2.36. The standard InChI is InChI=1S/C21H24F2N8O3.C9H14N2/c1-12(25-18-6-17(24-10-32)26-13(2)27-18)15-8-30-7-14(20(22)23)5-16(21(30)28-15)31(11-33)9-19(34)29(3)4;1-8(10-2)5-6-11-7-9-3-4-9/h5-8,10-12,20H,9H2,1-4H3,(H2,24,25,26,27,32);5-6,9H,2-4,7H2,1H3/b;8-5-,11-6?. The summed E-state index contributed by atoms with van der Waals surface area (Å²) in [7, 11) is 3.06. The number of rotatable bonds is 14. The number of imidazole rings is 1. The van der Waals surface area contributed by atoms with Crippen molar-refractivity contribution in [1.29, 1.82) is 0 Å². The van der Waals surface area contributed by atoms with Gasteiger partial charge in [0.05, 0.1) is 17.4 Å². The number of anilines is 3. The third-order valence-electron chi connectivity index (χ3n) is 6.65. The van der Waals surface area contributed by atoms with Crippen molar-refractivity contribution in [2.45, 2.75) is 46.1 Å². The van der Waals surface area contributed by atoms with E-state index in [4.69, 9.17) is 0 Å². The highest BCUT2D eigenvalue weighted by Gasteiger charge is 2.22. The van der Waals surface area contributed by atoms with Crippen LogP contribution in [-0.4, -0.2) is 83.1 Å². The summed E-state index contributed by atoms with van der Waals surface area (Å²) in [4.78, 5) is 57.8. The first kappa shape index (κ1) is 34.4. The summed E-state index contributed by atoms with van der Waals surface area (Å²) < 4.78 is 28.5. The monoisotopic (exact) mass is 624 g/mol. The normalized spacial score (nSPS) is 13.6. The third-order valence-corrected chi connectivity index (χ3v) is 6.65. The smallest absolute Gasteiger partial charge is 0.265 e. The maximum atomic E-state index is 13.6. The molecule has 3 aromatic heterocycles. The third kappa shape index (κ3) is 10.3.